The van der Waals surface area contributed by atoms with Crippen molar-refractivity contribution in [3.8, 4) is 22.9 Å². The van der Waals surface area contributed by atoms with Gasteiger partial charge in [0.1, 0.15) is 25.3 Å². The molecular weight excluding hydrogens is 380 g/mol. The maximum absolute atomic E-state index is 12.4. The van der Waals surface area contributed by atoms with Crippen LogP contribution in [0.3, 0.4) is 0 Å². The van der Waals surface area contributed by atoms with Gasteiger partial charge in [-0.15, -0.1) is 10.2 Å². The standard InChI is InChI=1S/C19H18N4O4S/c1-25-15-5-3-2-4-14(15)23-12-20-22-19(23)28-11-18(24)21-13-6-7-16-17(10-13)27-9-8-26-16/h2-7,10,12H,8-9,11H2,1H3,(H,21,24). The largest absolute Gasteiger partial charge is 0.495 e. The molecule has 0 saturated heterocycles. The van der Waals surface area contributed by atoms with E-state index in [0.29, 0.717) is 41.3 Å². The zero-order valence-electron chi connectivity index (χ0n) is 15.1. The fourth-order valence-electron chi connectivity index (χ4n) is 2.77. The topological polar surface area (TPSA) is 87.5 Å². The number of anilines is 1. The van der Waals surface area contributed by atoms with Gasteiger partial charge >= 0.3 is 0 Å². The van der Waals surface area contributed by atoms with E-state index in [2.05, 4.69) is 15.5 Å². The second kappa shape index (κ2) is 8.22. The number of carbonyl (C=O) groups is 1. The van der Waals surface area contributed by atoms with Gasteiger partial charge in [-0.3, -0.25) is 9.36 Å². The van der Waals surface area contributed by atoms with Gasteiger partial charge in [-0.2, -0.15) is 0 Å². The van der Waals surface area contributed by atoms with Crippen LogP contribution in [0.4, 0.5) is 5.69 Å². The van der Waals surface area contributed by atoms with Crippen molar-refractivity contribution in [1.29, 1.82) is 0 Å². The number of thioether (sulfide) groups is 1. The zero-order chi connectivity index (χ0) is 19.3. The number of benzene rings is 2. The van der Waals surface area contributed by atoms with E-state index in [0.717, 1.165) is 5.69 Å². The molecule has 1 N–H and O–H groups in total. The lowest BCUT2D eigenvalue weighted by molar-refractivity contribution is -0.113. The van der Waals surface area contributed by atoms with Crippen LogP contribution in [0.2, 0.25) is 0 Å². The van der Waals surface area contributed by atoms with Crippen LogP contribution in [-0.4, -0.2) is 46.7 Å². The van der Waals surface area contributed by atoms with Gasteiger partial charge in [0, 0.05) is 11.8 Å². The Hall–Kier alpha value is -3.20. The molecule has 1 aliphatic heterocycles. The fraction of sp³-hybridized carbons (Fsp3) is 0.211. The average Bonchev–Trinajstić information content (AvgIpc) is 3.20. The quantitative estimate of drug-likeness (QED) is 0.639. The zero-order valence-corrected chi connectivity index (χ0v) is 15.9. The molecule has 0 aliphatic carbocycles. The Morgan fingerprint density at radius 1 is 1.21 bits per heavy atom. The number of carbonyl (C=O) groups excluding carboxylic acids is 1. The van der Waals surface area contributed by atoms with Crippen LogP contribution in [-0.2, 0) is 4.79 Å². The van der Waals surface area contributed by atoms with Gasteiger partial charge in [0.05, 0.1) is 18.6 Å². The lowest BCUT2D eigenvalue weighted by atomic mass is 10.2. The van der Waals surface area contributed by atoms with Crippen LogP contribution in [0.25, 0.3) is 5.69 Å². The van der Waals surface area contributed by atoms with Crippen LogP contribution < -0.4 is 19.5 Å². The minimum atomic E-state index is -0.156. The molecule has 2 heterocycles. The number of nitrogens with zero attached hydrogens (tertiary/aromatic N) is 3. The van der Waals surface area contributed by atoms with E-state index in [1.54, 1.807) is 36.2 Å². The maximum atomic E-state index is 12.4. The highest BCUT2D eigenvalue weighted by Gasteiger charge is 2.15. The molecule has 9 heteroatoms. The summed E-state index contributed by atoms with van der Waals surface area (Å²) in [6.45, 7) is 1.03. The van der Waals surface area contributed by atoms with Gasteiger partial charge in [-0.25, -0.2) is 0 Å². The smallest absolute Gasteiger partial charge is 0.234 e. The van der Waals surface area contributed by atoms with Crippen molar-refractivity contribution in [3.63, 3.8) is 0 Å². The minimum absolute atomic E-state index is 0.156. The summed E-state index contributed by atoms with van der Waals surface area (Å²) < 4.78 is 18.2. The number of amides is 1. The molecule has 0 fully saturated rings. The maximum Gasteiger partial charge on any atom is 0.234 e. The predicted octanol–water partition coefficient (Wildman–Crippen LogP) is 2.78. The molecule has 2 aromatic carbocycles. The fourth-order valence-corrected chi connectivity index (χ4v) is 3.49. The highest BCUT2D eigenvalue weighted by atomic mass is 32.2. The summed E-state index contributed by atoms with van der Waals surface area (Å²) in [5.74, 6) is 2.04. The molecule has 1 aliphatic rings. The molecule has 144 valence electrons. The molecule has 28 heavy (non-hydrogen) atoms. The Morgan fingerprint density at radius 3 is 2.89 bits per heavy atom. The normalized spacial score (nSPS) is 12.5. The first-order valence-electron chi connectivity index (χ1n) is 8.60. The second-order valence-electron chi connectivity index (χ2n) is 5.85. The monoisotopic (exact) mass is 398 g/mol. The predicted molar refractivity (Wildman–Crippen MR) is 105 cm³/mol. The third kappa shape index (κ3) is 3.89. The molecule has 0 saturated carbocycles. The molecule has 4 rings (SSSR count). The first-order chi connectivity index (χ1) is 13.7. The molecule has 8 nitrogen and oxygen atoms in total. The molecular formula is C19H18N4O4S. The van der Waals surface area contributed by atoms with Gasteiger partial charge in [-0.05, 0) is 24.3 Å². The van der Waals surface area contributed by atoms with Crippen molar-refractivity contribution in [2.45, 2.75) is 5.16 Å². The van der Waals surface area contributed by atoms with Crippen molar-refractivity contribution < 1.29 is 19.0 Å². The third-order valence-corrected chi connectivity index (χ3v) is 4.96. The summed E-state index contributed by atoms with van der Waals surface area (Å²) in [6.07, 6.45) is 1.60. The first-order valence-corrected chi connectivity index (χ1v) is 9.59. The number of fused-ring (bicyclic) bond motifs is 1. The lowest BCUT2D eigenvalue weighted by Crippen LogP contribution is -2.17. The third-order valence-electron chi connectivity index (χ3n) is 4.02. The molecule has 3 aromatic rings. The van der Waals surface area contributed by atoms with E-state index in [9.17, 15) is 4.79 Å². The Bertz CT molecular complexity index is 992. The Balaban J connectivity index is 1.41. The Kier molecular flexibility index (Phi) is 5.34. The van der Waals surface area contributed by atoms with E-state index < -0.39 is 0 Å². The number of hydrogen-bond acceptors (Lipinski definition) is 7. The molecule has 0 unspecified atom stereocenters. The van der Waals surface area contributed by atoms with Gasteiger partial charge in [0.15, 0.2) is 16.7 Å². The van der Waals surface area contributed by atoms with Gasteiger partial charge in [0.25, 0.3) is 0 Å². The highest BCUT2D eigenvalue weighted by molar-refractivity contribution is 7.99. The number of rotatable bonds is 6. The van der Waals surface area contributed by atoms with Crippen molar-refractivity contribution >= 4 is 23.4 Å². The Morgan fingerprint density at radius 2 is 2.04 bits per heavy atom. The number of para-hydroxylation sites is 2. The number of methoxy groups -OCH3 is 1. The number of ether oxygens (including phenoxy) is 3. The molecule has 0 spiro atoms. The molecule has 0 radical (unpaired) electrons. The van der Waals surface area contributed by atoms with E-state index in [-0.39, 0.29) is 11.7 Å². The summed E-state index contributed by atoms with van der Waals surface area (Å²) in [6, 6.07) is 12.9. The summed E-state index contributed by atoms with van der Waals surface area (Å²) in [7, 11) is 1.61. The SMILES string of the molecule is COc1ccccc1-n1cnnc1SCC(=O)Nc1ccc2c(c1)OCCO2. The molecule has 1 aromatic heterocycles. The lowest BCUT2D eigenvalue weighted by Gasteiger charge is -2.19. The van der Waals surface area contributed by atoms with Gasteiger partial charge in [-0.1, -0.05) is 23.9 Å². The second-order valence-corrected chi connectivity index (χ2v) is 6.79. The van der Waals surface area contributed by atoms with E-state index >= 15 is 0 Å². The molecule has 0 bridgehead atoms. The van der Waals surface area contributed by atoms with Crippen molar-refractivity contribution in [3.05, 3.63) is 48.8 Å². The van der Waals surface area contributed by atoms with E-state index in [1.807, 2.05) is 24.3 Å². The average molecular weight is 398 g/mol. The molecule has 0 atom stereocenters. The van der Waals surface area contributed by atoms with Crippen LogP contribution in [0.15, 0.2) is 53.9 Å². The Labute approximate surface area is 165 Å². The first kappa shape index (κ1) is 18.2. The van der Waals surface area contributed by atoms with Crippen LogP contribution in [0.5, 0.6) is 17.2 Å². The minimum Gasteiger partial charge on any atom is -0.495 e. The van der Waals surface area contributed by atoms with Crippen LogP contribution in [0, 0.1) is 0 Å². The number of aromatic nitrogens is 3. The van der Waals surface area contributed by atoms with Crippen LogP contribution >= 0.6 is 11.8 Å². The van der Waals surface area contributed by atoms with Crippen molar-refractivity contribution in [1.82, 2.24) is 14.8 Å². The summed E-state index contributed by atoms with van der Waals surface area (Å²) in [5.41, 5.74) is 1.46. The van der Waals surface area contributed by atoms with Gasteiger partial charge < -0.3 is 19.5 Å². The van der Waals surface area contributed by atoms with Crippen molar-refractivity contribution in [2.24, 2.45) is 0 Å². The van der Waals surface area contributed by atoms with Crippen molar-refractivity contribution in [2.75, 3.05) is 31.4 Å². The summed E-state index contributed by atoms with van der Waals surface area (Å²) >= 11 is 1.29. The highest BCUT2D eigenvalue weighted by Crippen LogP contribution is 2.32. The van der Waals surface area contributed by atoms with E-state index in [1.165, 1.54) is 11.8 Å². The van der Waals surface area contributed by atoms with Crippen LogP contribution in [0.1, 0.15) is 0 Å². The molecule has 1 amide bonds. The number of nitrogens with one attached hydrogen (secondary N) is 1. The number of hydrogen-bond donors (Lipinski definition) is 1. The van der Waals surface area contributed by atoms with E-state index in [4.69, 9.17) is 14.2 Å². The van der Waals surface area contributed by atoms with Gasteiger partial charge in [0.2, 0.25) is 5.91 Å². The summed E-state index contributed by atoms with van der Waals surface area (Å²) in [4.78, 5) is 12.4. The summed E-state index contributed by atoms with van der Waals surface area (Å²) in [5, 5.41) is 11.5.